The molecule has 0 aromatic carbocycles. The highest BCUT2D eigenvalue weighted by Gasteiger charge is 2.30. The molecule has 1 aliphatic rings. The first-order chi connectivity index (χ1) is 7.16. The Kier molecular flexibility index (Phi) is 4.32. The average Bonchev–Trinajstić information content (AvgIpc) is 2.75. The van der Waals surface area contributed by atoms with Gasteiger partial charge >= 0.3 is 0 Å². The Morgan fingerprint density at radius 2 is 2.38 bits per heavy atom. The van der Waals surface area contributed by atoms with Crippen LogP contribution in [0.2, 0.25) is 0 Å². The molecule has 6 heteroatoms. The molecule has 2 unspecified atom stereocenters. The number of hydrogen-bond donors (Lipinski definition) is 2. The summed E-state index contributed by atoms with van der Waals surface area (Å²) in [6, 6.07) is 0.0154. The third-order valence-corrected chi connectivity index (χ3v) is 2.88. The van der Waals surface area contributed by atoms with Gasteiger partial charge in [-0.05, 0) is 12.8 Å². The Balaban J connectivity index is 0.00000128. The molecule has 2 rings (SSSR count). The third kappa shape index (κ3) is 2.74. The van der Waals surface area contributed by atoms with E-state index in [0.29, 0.717) is 0 Å². The van der Waals surface area contributed by atoms with E-state index in [1.54, 1.807) is 17.1 Å². The van der Waals surface area contributed by atoms with Crippen LogP contribution in [-0.4, -0.2) is 21.7 Å². The summed E-state index contributed by atoms with van der Waals surface area (Å²) >= 11 is 0. The smallest absolute Gasteiger partial charge is 0.229 e. The molecule has 16 heavy (non-hydrogen) atoms. The van der Waals surface area contributed by atoms with Crippen molar-refractivity contribution in [3.8, 4) is 0 Å². The molecule has 1 aromatic heterocycles. The van der Waals surface area contributed by atoms with Gasteiger partial charge in [0, 0.05) is 19.3 Å². The SMILES string of the molecule is Cl.Cn1cc(NC(=O)C2CCCC2N)cn1. The van der Waals surface area contributed by atoms with Crippen molar-refractivity contribution < 1.29 is 4.79 Å². The topological polar surface area (TPSA) is 72.9 Å². The standard InChI is InChI=1S/C10H16N4O.ClH/c1-14-6-7(5-12-14)13-10(15)8-3-2-4-9(8)11;/h5-6,8-9H,2-4,11H2,1H3,(H,13,15);1H. The zero-order valence-corrected chi connectivity index (χ0v) is 10.0. The molecule has 0 saturated heterocycles. The number of halogens is 1. The van der Waals surface area contributed by atoms with Crippen LogP contribution in [0.3, 0.4) is 0 Å². The highest BCUT2D eigenvalue weighted by molar-refractivity contribution is 5.92. The second kappa shape index (κ2) is 5.32. The van der Waals surface area contributed by atoms with Crippen LogP contribution < -0.4 is 11.1 Å². The van der Waals surface area contributed by atoms with Crippen LogP contribution in [0, 0.1) is 5.92 Å². The highest BCUT2D eigenvalue weighted by atomic mass is 35.5. The maximum atomic E-state index is 11.8. The second-order valence-electron chi connectivity index (χ2n) is 4.09. The zero-order valence-electron chi connectivity index (χ0n) is 9.22. The Hall–Kier alpha value is -1.07. The first-order valence-corrected chi connectivity index (χ1v) is 5.22. The van der Waals surface area contributed by atoms with E-state index in [4.69, 9.17) is 5.73 Å². The lowest BCUT2D eigenvalue weighted by molar-refractivity contribution is -0.120. The lowest BCUT2D eigenvalue weighted by Gasteiger charge is -2.13. The number of aromatic nitrogens is 2. The fourth-order valence-corrected chi connectivity index (χ4v) is 2.03. The quantitative estimate of drug-likeness (QED) is 0.812. The Morgan fingerprint density at radius 1 is 1.62 bits per heavy atom. The summed E-state index contributed by atoms with van der Waals surface area (Å²) in [5.41, 5.74) is 6.59. The van der Waals surface area contributed by atoms with Crippen LogP contribution in [0.1, 0.15) is 19.3 Å². The first kappa shape index (κ1) is 13.0. The first-order valence-electron chi connectivity index (χ1n) is 5.22. The average molecular weight is 245 g/mol. The normalized spacial score (nSPS) is 23.9. The van der Waals surface area contributed by atoms with Gasteiger partial charge in [-0.3, -0.25) is 9.48 Å². The number of carbonyl (C=O) groups is 1. The Labute approximate surface area is 101 Å². The van der Waals surface area contributed by atoms with Gasteiger partial charge in [0.05, 0.1) is 17.8 Å². The van der Waals surface area contributed by atoms with E-state index >= 15 is 0 Å². The van der Waals surface area contributed by atoms with Crippen molar-refractivity contribution in [1.29, 1.82) is 0 Å². The van der Waals surface area contributed by atoms with E-state index < -0.39 is 0 Å². The largest absolute Gasteiger partial charge is 0.327 e. The van der Waals surface area contributed by atoms with Crippen LogP contribution in [-0.2, 0) is 11.8 Å². The van der Waals surface area contributed by atoms with Gasteiger partial charge in [-0.1, -0.05) is 6.42 Å². The second-order valence-corrected chi connectivity index (χ2v) is 4.09. The molecule has 0 radical (unpaired) electrons. The molecule has 0 aliphatic heterocycles. The third-order valence-electron chi connectivity index (χ3n) is 2.88. The van der Waals surface area contributed by atoms with Crippen molar-refractivity contribution in [3.05, 3.63) is 12.4 Å². The number of carbonyl (C=O) groups excluding carboxylic acids is 1. The molecule has 0 spiro atoms. The van der Waals surface area contributed by atoms with Gasteiger partial charge in [-0.2, -0.15) is 5.10 Å². The minimum absolute atomic E-state index is 0. The molecular formula is C10H17ClN4O. The minimum atomic E-state index is -0.0368. The van der Waals surface area contributed by atoms with E-state index in [-0.39, 0.29) is 30.3 Å². The summed E-state index contributed by atoms with van der Waals surface area (Å²) in [4.78, 5) is 11.8. The van der Waals surface area contributed by atoms with Crippen LogP contribution >= 0.6 is 12.4 Å². The number of aryl methyl sites for hydroxylation is 1. The van der Waals surface area contributed by atoms with E-state index in [1.807, 2.05) is 7.05 Å². The van der Waals surface area contributed by atoms with Crippen LogP contribution in [0.4, 0.5) is 5.69 Å². The summed E-state index contributed by atoms with van der Waals surface area (Å²) in [5, 5.41) is 6.82. The van der Waals surface area contributed by atoms with Crippen molar-refractivity contribution in [2.75, 3.05) is 5.32 Å². The van der Waals surface area contributed by atoms with E-state index in [2.05, 4.69) is 10.4 Å². The molecule has 1 aromatic rings. The predicted octanol–water partition coefficient (Wildman–Crippen LogP) is 0.908. The number of anilines is 1. The fourth-order valence-electron chi connectivity index (χ4n) is 2.03. The summed E-state index contributed by atoms with van der Waals surface area (Å²) < 4.78 is 1.66. The predicted molar refractivity (Wildman–Crippen MR) is 64.4 cm³/mol. The van der Waals surface area contributed by atoms with Crippen LogP contribution in [0.5, 0.6) is 0 Å². The summed E-state index contributed by atoms with van der Waals surface area (Å²) in [6.07, 6.45) is 6.31. The molecular weight excluding hydrogens is 228 g/mol. The molecule has 5 nitrogen and oxygen atoms in total. The highest BCUT2D eigenvalue weighted by Crippen LogP contribution is 2.25. The summed E-state index contributed by atoms with van der Waals surface area (Å²) in [5.74, 6) is -0.0155. The molecule has 1 amide bonds. The Morgan fingerprint density at radius 3 is 2.88 bits per heavy atom. The number of amides is 1. The van der Waals surface area contributed by atoms with Crippen molar-refractivity contribution in [2.24, 2.45) is 18.7 Å². The minimum Gasteiger partial charge on any atom is -0.327 e. The van der Waals surface area contributed by atoms with E-state index in [0.717, 1.165) is 24.9 Å². The summed E-state index contributed by atoms with van der Waals surface area (Å²) in [7, 11) is 1.82. The molecule has 2 atom stereocenters. The molecule has 90 valence electrons. The van der Waals surface area contributed by atoms with Crippen LogP contribution in [0.15, 0.2) is 12.4 Å². The maximum Gasteiger partial charge on any atom is 0.229 e. The number of nitrogens with two attached hydrogens (primary N) is 1. The van der Waals surface area contributed by atoms with Crippen LogP contribution in [0.25, 0.3) is 0 Å². The number of nitrogens with one attached hydrogen (secondary N) is 1. The van der Waals surface area contributed by atoms with Gasteiger partial charge in [0.25, 0.3) is 0 Å². The number of rotatable bonds is 2. The number of nitrogens with zero attached hydrogens (tertiary/aromatic N) is 2. The molecule has 1 saturated carbocycles. The van der Waals surface area contributed by atoms with Gasteiger partial charge in [-0.15, -0.1) is 12.4 Å². The fraction of sp³-hybridized carbons (Fsp3) is 0.600. The van der Waals surface area contributed by atoms with E-state index in [9.17, 15) is 4.79 Å². The van der Waals surface area contributed by atoms with Crippen molar-refractivity contribution in [1.82, 2.24) is 9.78 Å². The van der Waals surface area contributed by atoms with Gasteiger partial charge in [-0.25, -0.2) is 0 Å². The number of hydrogen-bond acceptors (Lipinski definition) is 3. The Bertz CT molecular complexity index is 365. The maximum absolute atomic E-state index is 11.8. The van der Waals surface area contributed by atoms with E-state index in [1.165, 1.54) is 0 Å². The molecule has 1 heterocycles. The van der Waals surface area contributed by atoms with Gasteiger partial charge < -0.3 is 11.1 Å². The van der Waals surface area contributed by atoms with Crippen molar-refractivity contribution in [2.45, 2.75) is 25.3 Å². The molecule has 0 bridgehead atoms. The molecule has 1 aliphatic carbocycles. The monoisotopic (exact) mass is 244 g/mol. The lowest BCUT2D eigenvalue weighted by atomic mass is 10.0. The summed E-state index contributed by atoms with van der Waals surface area (Å²) in [6.45, 7) is 0. The van der Waals surface area contributed by atoms with Crippen molar-refractivity contribution in [3.63, 3.8) is 0 Å². The van der Waals surface area contributed by atoms with Gasteiger partial charge in [0.1, 0.15) is 0 Å². The molecule has 3 N–H and O–H groups in total. The lowest BCUT2D eigenvalue weighted by Crippen LogP contribution is -2.34. The molecule has 1 fully saturated rings. The van der Waals surface area contributed by atoms with Gasteiger partial charge in [0.2, 0.25) is 5.91 Å². The van der Waals surface area contributed by atoms with Gasteiger partial charge in [0.15, 0.2) is 0 Å². The van der Waals surface area contributed by atoms with Crippen molar-refractivity contribution >= 4 is 24.0 Å². The zero-order chi connectivity index (χ0) is 10.8.